The number of rotatable bonds is 6. The van der Waals surface area contributed by atoms with E-state index in [1.807, 2.05) is 18.2 Å². The lowest BCUT2D eigenvalue weighted by molar-refractivity contribution is -0.224. The molecule has 156 valence electrons. The first-order chi connectivity index (χ1) is 13.3. The Hall–Kier alpha value is -1.80. The van der Waals surface area contributed by atoms with Crippen molar-refractivity contribution in [3.63, 3.8) is 0 Å². The van der Waals surface area contributed by atoms with Crippen LogP contribution >= 0.6 is 0 Å². The van der Waals surface area contributed by atoms with Crippen LogP contribution in [-0.4, -0.2) is 67.0 Å². The third-order valence-electron chi connectivity index (χ3n) is 5.71. The number of nitrogens with zero attached hydrogens (tertiary/aromatic N) is 2. The van der Waals surface area contributed by atoms with E-state index in [0.29, 0.717) is 25.4 Å². The van der Waals surface area contributed by atoms with Gasteiger partial charge in [0.2, 0.25) is 5.91 Å². The molecule has 2 aliphatic rings. The minimum absolute atomic E-state index is 0.104. The molecule has 2 fully saturated rings. The van der Waals surface area contributed by atoms with Crippen molar-refractivity contribution in [2.24, 2.45) is 5.92 Å². The number of halogens is 3. The maximum absolute atomic E-state index is 12.9. The lowest BCUT2D eigenvalue weighted by Gasteiger charge is -2.38. The Morgan fingerprint density at radius 3 is 2.64 bits per heavy atom. The largest absolute Gasteiger partial charge is 0.415 e. The molecule has 1 aromatic carbocycles. The highest BCUT2D eigenvalue weighted by Crippen LogP contribution is 2.30. The van der Waals surface area contributed by atoms with Gasteiger partial charge in [0.1, 0.15) is 0 Å². The summed E-state index contributed by atoms with van der Waals surface area (Å²) in [6.45, 7) is 2.59. The molecule has 0 spiro atoms. The van der Waals surface area contributed by atoms with Gasteiger partial charge in [-0.2, -0.15) is 13.2 Å². The van der Waals surface area contributed by atoms with Crippen molar-refractivity contribution in [2.75, 3.05) is 37.6 Å². The van der Waals surface area contributed by atoms with E-state index in [4.69, 9.17) is 0 Å². The molecule has 2 aliphatic heterocycles. The van der Waals surface area contributed by atoms with Crippen LogP contribution in [0.25, 0.3) is 0 Å². The van der Waals surface area contributed by atoms with Gasteiger partial charge in [-0.05, 0) is 43.9 Å². The van der Waals surface area contributed by atoms with Crippen LogP contribution in [0.15, 0.2) is 30.3 Å². The molecule has 3 rings (SSSR count). The second-order valence-corrected chi connectivity index (χ2v) is 7.76. The number of aliphatic hydroxyl groups is 1. The molecule has 2 N–H and O–H groups in total. The zero-order valence-electron chi connectivity index (χ0n) is 15.9. The minimum atomic E-state index is -4.67. The van der Waals surface area contributed by atoms with Crippen molar-refractivity contribution in [1.82, 2.24) is 10.2 Å². The number of carbonyl (C=O) groups is 1. The summed E-state index contributed by atoms with van der Waals surface area (Å²) in [6, 6.07) is 9.04. The van der Waals surface area contributed by atoms with Crippen LogP contribution in [0.4, 0.5) is 18.9 Å². The summed E-state index contributed by atoms with van der Waals surface area (Å²) < 4.78 is 38.7. The van der Waals surface area contributed by atoms with Gasteiger partial charge in [0.05, 0.1) is 6.54 Å². The molecule has 0 aromatic heterocycles. The number of amides is 1. The number of aliphatic hydroxyl groups excluding tert-OH is 1. The normalized spacial score (nSPS) is 24.9. The fourth-order valence-electron chi connectivity index (χ4n) is 4.16. The lowest BCUT2D eigenvalue weighted by atomic mass is 9.97. The molecule has 0 saturated carbocycles. The zero-order valence-corrected chi connectivity index (χ0v) is 15.9. The fourth-order valence-corrected chi connectivity index (χ4v) is 4.16. The average molecular weight is 399 g/mol. The number of benzene rings is 1. The van der Waals surface area contributed by atoms with Crippen LogP contribution < -0.4 is 10.2 Å². The van der Waals surface area contributed by atoms with E-state index in [1.54, 1.807) is 0 Å². The number of hydrogen-bond acceptors (Lipinski definition) is 4. The lowest BCUT2D eigenvalue weighted by Crippen LogP contribution is -2.54. The first-order valence-corrected chi connectivity index (χ1v) is 9.90. The molecule has 5 nitrogen and oxygen atoms in total. The topological polar surface area (TPSA) is 55.8 Å². The Balaban J connectivity index is 1.46. The molecule has 1 aromatic rings. The molecule has 0 unspecified atom stereocenters. The van der Waals surface area contributed by atoms with E-state index in [1.165, 1.54) is 4.90 Å². The third kappa shape index (κ3) is 5.38. The van der Waals surface area contributed by atoms with Crippen LogP contribution in [0.1, 0.15) is 25.7 Å². The standard InChI is InChI=1S/C20H28F3N3O2/c21-20(22,23)19(28)17-8-4-5-10-26(17)14-18(27)24-12-15-9-11-25(13-15)16-6-2-1-3-7-16/h1-3,6-7,15,17,19,28H,4-5,8-14H2,(H,24,27)/t15-,17+,19+/m0/s1. The second-order valence-electron chi connectivity index (χ2n) is 7.76. The molecule has 0 aliphatic carbocycles. The number of carbonyl (C=O) groups excluding carboxylic acids is 1. The summed E-state index contributed by atoms with van der Waals surface area (Å²) in [5.74, 6) is 0.0431. The van der Waals surface area contributed by atoms with E-state index in [2.05, 4.69) is 22.3 Å². The first-order valence-electron chi connectivity index (χ1n) is 9.90. The molecule has 1 amide bonds. The van der Waals surface area contributed by atoms with Gasteiger partial charge in [0.25, 0.3) is 0 Å². The first kappa shape index (κ1) is 20.9. The highest BCUT2D eigenvalue weighted by Gasteiger charge is 2.46. The van der Waals surface area contributed by atoms with Gasteiger partial charge in [0, 0.05) is 31.4 Å². The van der Waals surface area contributed by atoms with Crippen molar-refractivity contribution in [1.29, 1.82) is 0 Å². The summed E-state index contributed by atoms with van der Waals surface area (Å²) in [5.41, 5.74) is 1.16. The Morgan fingerprint density at radius 2 is 1.93 bits per heavy atom. The Labute approximate surface area is 163 Å². The van der Waals surface area contributed by atoms with Crippen LogP contribution in [0.3, 0.4) is 0 Å². The van der Waals surface area contributed by atoms with Gasteiger partial charge in [0.15, 0.2) is 6.10 Å². The van der Waals surface area contributed by atoms with Gasteiger partial charge < -0.3 is 15.3 Å². The highest BCUT2D eigenvalue weighted by atomic mass is 19.4. The Bertz CT molecular complexity index is 641. The molecule has 28 heavy (non-hydrogen) atoms. The van der Waals surface area contributed by atoms with Crippen molar-refractivity contribution in [3.05, 3.63) is 30.3 Å². The molecule has 0 bridgehead atoms. The molecule has 2 heterocycles. The molecule has 0 radical (unpaired) electrons. The molecular formula is C20H28F3N3O2. The van der Waals surface area contributed by atoms with Gasteiger partial charge >= 0.3 is 6.18 Å². The van der Waals surface area contributed by atoms with Crippen molar-refractivity contribution < 1.29 is 23.1 Å². The highest BCUT2D eigenvalue weighted by molar-refractivity contribution is 5.78. The van der Waals surface area contributed by atoms with Gasteiger partial charge in [-0.3, -0.25) is 9.69 Å². The number of hydrogen-bond donors (Lipinski definition) is 2. The van der Waals surface area contributed by atoms with Crippen molar-refractivity contribution in [3.8, 4) is 0 Å². The number of alkyl halides is 3. The molecule has 3 atom stereocenters. The van der Waals surface area contributed by atoms with E-state index in [9.17, 15) is 23.1 Å². The monoisotopic (exact) mass is 399 g/mol. The Kier molecular flexibility index (Phi) is 6.82. The predicted molar refractivity (Wildman–Crippen MR) is 101 cm³/mol. The quantitative estimate of drug-likeness (QED) is 0.772. The van der Waals surface area contributed by atoms with Gasteiger partial charge in [-0.15, -0.1) is 0 Å². The number of para-hydroxylation sites is 1. The van der Waals surface area contributed by atoms with E-state index in [-0.39, 0.29) is 18.9 Å². The van der Waals surface area contributed by atoms with E-state index >= 15 is 0 Å². The maximum atomic E-state index is 12.9. The van der Waals surface area contributed by atoms with E-state index < -0.39 is 18.3 Å². The summed E-state index contributed by atoms with van der Waals surface area (Å²) in [5, 5.41) is 12.5. The summed E-state index contributed by atoms with van der Waals surface area (Å²) in [4.78, 5) is 16.1. The van der Waals surface area contributed by atoms with Crippen molar-refractivity contribution in [2.45, 2.75) is 44.0 Å². The maximum Gasteiger partial charge on any atom is 0.415 e. The summed E-state index contributed by atoms with van der Waals surface area (Å²) >= 11 is 0. The van der Waals surface area contributed by atoms with Crippen LogP contribution in [-0.2, 0) is 4.79 Å². The predicted octanol–water partition coefficient (Wildman–Crippen LogP) is 2.41. The van der Waals surface area contributed by atoms with Crippen LogP contribution in [0.2, 0.25) is 0 Å². The van der Waals surface area contributed by atoms with Gasteiger partial charge in [-0.1, -0.05) is 24.6 Å². The smallest absolute Gasteiger partial charge is 0.382 e. The molecule has 2 saturated heterocycles. The zero-order chi connectivity index (χ0) is 20.1. The fraction of sp³-hybridized carbons (Fsp3) is 0.650. The third-order valence-corrected chi connectivity index (χ3v) is 5.71. The van der Waals surface area contributed by atoms with Gasteiger partial charge in [-0.25, -0.2) is 0 Å². The van der Waals surface area contributed by atoms with Crippen LogP contribution in [0.5, 0.6) is 0 Å². The Morgan fingerprint density at radius 1 is 1.18 bits per heavy atom. The van der Waals surface area contributed by atoms with E-state index in [0.717, 1.165) is 31.6 Å². The number of nitrogens with one attached hydrogen (secondary N) is 1. The SMILES string of the molecule is O=C(CN1CCCC[C@@H]1[C@@H](O)C(F)(F)F)NC[C@@H]1CCN(c2ccccc2)C1. The van der Waals surface area contributed by atoms with Crippen LogP contribution in [0, 0.1) is 5.92 Å². The molecule has 8 heteroatoms. The summed E-state index contributed by atoms with van der Waals surface area (Å²) in [6.07, 6.45) is -4.48. The second kappa shape index (κ2) is 9.13. The molecular weight excluding hydrogens is 371 g/mol. The summed E-state index contributed by atoms with van der Waals surface area (Å²) in [7, 11) is 0. The van der Waals surface area contributed by atoms with Crippen molar-refractivity contribution >= 4 is 11.6 Å². The average Bonchev–Trinajstić information content (AvgIpc) is 3.15. The number of piperidine rings is 1. The minimum Gasteiger partial charge on any atom is -0.382 e. The number of anilines is 1. The number of likely N-dealkylation sites (tertiary alicyclic amines) is 1.